The molecule has 0 fully saturated rings. The summed E-state index contributed by atoms with van der Waals surface area (Å²) in [5, 5.41) is 10.2. The summed E-state index contributed by atoms with van der Waals surface area (Å²) in [4.78, 5) is 20.0. The minimum Gasteiger partial charge on any atom is -0.378 e. The van der Waals surface area contributed by atoms with Crippen molar-refractivity contribution in [1.82, 2.24) is 4.98 Å². The van der Waals surface area contributed by atoms with E-state index in [2.05, 4.69) is 16.0 Å². The second-order valence-corrected chi connectivity index (χ2v) is 5.61. The van der Waals surface area contributed by atoms with Gasteiger partial charge in [-0.05, 0) is 48.0 Å². The molecule has 0 radical (unpaired) electrons. The average molecular weight is 294 g/mol. The largest absolute Gasteiger partial charge is 0.378 e. The van der Waals surface area contributed by atoms with E-state index in [1.54, 1.807) is 12.3 Å². The fourth-order valence-corrected chi connectivity index (χ4v) is 2.80. The third-order valence-corrected chi connectivity index (χ3v) is 4.03. The maximum atomic E-state index is 11.6. The second kappa shape index (κ2) is 5.04. The van der Waals surface area contributed by atoms with E-state index >= 15 is 0 Å². The number of fused-ring (bicyclic) bond motifs is 1. The van der Waals surface area contributed by atoms with Gasteiger partial charge in [0.1, 0.15) is 6.07 Å². The zero-order valence-corrected chi connectivity index (χ0v) is 11.9. The number of carbonyl (C=O) groups excluding carboxylic acids is 1. The Bertz CT molecular complexity index is 877. The summed E-state index contributed by atoms with van der Waals surface area (Å²) in [6.07, 6.45) is 3.31. The molecule has 2 aromatic rings. The van der Waals surface area contributed by atoms with Crippen LogP contribution in [0.1, 0.15) is 16.7 Å². The zero-order valence-electron chi connectivity index (χ0n) is 11.1. The molecule has 0 spiro atoms. The highest BCUT2D eigenvalue weighted by Gasteiger charge is 2.19. The average Bonchev–Trinajstić information content (AvgIpc) is 2.78. The van der Waals surface area contributed by atoms with Crippen molar-refractivity contribution in [3.63, 3.8) is 0 Å². The number of hydrogen-bond acceptors (Lipinski definition) is 5. The Kier molecular flexibility index (Phi) is 3.20. The summed E-state index contributed by atoms with van der Waals surface area (Å²) in [5.74, 6) is -0.321. The number of thioether (sulfide) groups is 1. The molecular formula is C15H10N4OS. The number of hydrogen-bond donors (Lipinski definition) is 1. The molecular weight excluding hydrogens is 284 g/mol. The Morgan fingerprint density at radius 3 is 2.90 bits per heavy atom. The maximum Gasteiger partial charge on any atom is 0.286 e. The molecule has 1 aromatic heterocycles. The van der Waals surface area contributed by atoms with Gasteiger partial charge in [-0.1, -0.05) is 6.07 Å². The third-order valence-electron chi connectivity index (χ3n) is 3.22. The molecule has 0 saturated carbocycles. The van der Waals surface area contributed by atoms with Crippen molar-refractivity contribution < 1.29 is 4.79 Å². The lowest BCUT2D eigenvalue weighted by atomic mass is 10.0. The number of benzene rings is 1. The van der Waals surface area contributed by atoms with E-state index < -0.39 is 0 Å². The molecule has 1 aliphatic heterocycles. The molecule has 2 N–H and O–H groups in total. The molecule has 5 nitrogen and oxygen atoms in total. The fraction of sp³-hybridized carbons (Fsp3) is 0.0667. The van der Waals surface area contributed by atoms with Crippen molar-refractivity contribution in [3.05, 3.63) is 46.0 Å². The van der Waals surface area contributed by atoms with Gasteiger partial charge in [-0.25, -0.2) is 0 Å². The van der Waals surface area contributed by atoms with E-state index in [-0.39, 0.29) is 11.1 Å². The van der Waals surface area contributed by atoms with E-state index in [4.69, 9.17) is 11.0 Å². The van der Waals surface area contributed by atoms with E-state index in [9.17, 15) is 4.79 Å². The molecule has 102 valence electrons. The summed E-state index contributed by atoms with van der Waals surface area (Å²) in [6, 6.07) is 7.77. The minimum atomic E-state index is -0.321. The standard InChI is InChI=1S/C15H10N4OS/c1-8-10(6-16)7-18-12-3-2-9(4-11(8)12)5-13-14(20)19-15(17)21-13/h2-5,7H,1H3,(H2,17,19,20). The molecule has 0 unspecified atom stereocenters. The van der Waals surface area contributed by atoms with Crippen LogP contribution >= 0.6 is 11.8 Å². The molecule has 2 heterocycles. The normalized spacial score (nSPS) is 16.3. The monoisotopic (exact) mass is 294 g/mol. The third kappa shape index (κ3) is 2.39. The number of pyridine rings is 1. The van der Waals surface area contributed by atoms with E-state index in [1.807, 2.05) is 25.1 Å². The van der Waals surface area contributed by atoms with Crippen molar-refractivity contribution in [2.24, 2.45) is 10.7 Å². The Morgan fingerprint density at radius 2 is 2.24 bits per heavy atom. The van der Waals surface area contributed by atoms with Gasteiger partial charge >= 0.3 is 0 Å². The summed E-state index contributed by atoms with van der Waals surface area (Å²) < 4.78 is 0. The molecule has 3 rings (SSSR count). The van der Waals surface area contributed by atoms with Crippen molar-refractivity contribution >= 4 is 39.8 Å². The fourth-order valence-electron chi connectivity index (χ4n) is 2.12. The Labute approximate surface area is 125 Å². The van der Waals surface area contributed by atoms with Gasteiger partial charge in [0.15, 0.2) is 5.17 Å². The van der Waals surface area contributed by atoms with Crippen LogP contribution in [-0.2, 0) is 4.79 Å². The molecule has 0 atom stereocenters. The molecule has 0 saturated heterocycles. The first-order valence-electron chi connectivity index (χ1n) is 6.16. The van der Waals surface area contributed by atoms with Crippen molar-refractivity contribution in [2.75, 3.05) is 0 Å². The van der Waals surface area contributed by atoms with Crippen LogP contribution in [-0.4, -0.2) is 16.1 Å². The second-order valence-electron chi connectivity index (χ2n) is 4.55. The smallest absolute Gasteiger partial charge is 0.286 e. The number of aromatic nitrogens is 1. The lowest BCUT2D eigenvalue weighted by Crippen LogP contribution is -2.01. The molecule has 6 heteroatoms. The number of nitriles is 1. The van der Waals surface area contributed by atoms with Crippen molar-refractivity contribution in [3.8, 4) is 6.07 Å². The van der Waals surface area contributed by atoms with Gasteiger partial charge in [-0.2, -0.15) is 10.3 Å². The van der Waals surface area contributed by atoms with Gasteiger partial charge in [0.25, 0.3) is 5.91 Å². The zero-order chi connectivity index (χ0) is 15.0. The van der Waals surface area contributed by atoms with Gasteiger partial charge in [-0.15, -0.1) is 0 Å². The lowest BCUT2D eigenvalue weighted by Gasteiger charge is -2.05. The number of rotatable bonds is 1. The highest BCUT2D eigenvalue weighted by Crippen LogP contribution is 2.28. The molecule has 0 aliphatic carbocycles. The molecule has 1 aliphatic rings. The van der Waals surface area contributed by atoms with Crippen LogP contribution in [0.2, 0.25) is 0 Å². The first kappa shape index (κ1) is 13.3. The van der Waals surface area contributed by atoms with Gasteiger partial charge < -0.3 is 5.73 Å². The van der Waals surface area contributed by atoms with E-state index in [0.29, 0.717) is 10.5 Å². The highest BCUT2D eigenvalue weighted by atomic mass is 32.2. The molecule has 0 bridgehead atoms. The van der Waals surface area contributed by atoms with Gasteiger partial charge in [0.05, 0.1) is 16.0 Å². The van der Waals surface area contributed by atoms with Crippen molar-refractivity contribution in [1.29, 1.82) is 5.26 Å². The van der Waals surface area contributed by atoms with Gasteiger partial charge in [-0.3, -0.25) is 9.78 Å². The minimum absolute atomic E-state index is 0.261. The first-order chi connectivity index (χ1) is 10.1. The maximum absolute atomic E-state index is 11.6. The first-order valence-corrected chi connectivity index (χ1v) is 6.97. The number of aryl methyl sites for hydroxylation is 1. The lowest BCUT2D eigenvalue weighted by molar-refractivity contribution is -0.113. The summed E-state index contributed by atoms with van der Waals surface area (Å²) in [6.45, 7) is 1.88. The number of aliphatic imine (C=N–C) groups is 1. The Hall–Kier alpha value is -2.65. The van der Waals surface area contributed by atoms with Crippen LogP contribution in [0, 0.1) is 18.3 Å². The quantitative estimate of drug-likeness (QED) is 0.815. The SMILES string of the molecule is Cc1c(C#N)cnc2ccc(C=C3SC(N)=NC3=O)cc12. The van der Waals surface area contributed by atoms with Crippen LogP contribution in [0.3, 0.4) is 0 Å². The molecule has 1 aromatic carbocycles. The van der Waals surface area contributed by atoms with Crippen molar-refractivity contribution in [2.45, 2.75) is 6.92 Å². The Morgan fingerprint density at radius 1 is 1.43 bits per heavy atom. The van der Waals surface area contributed by atoms with E-state index in [1.165, 1.54) is 0 Å². The number of amides is 1. The topological polar surface area (TPSA) is 92.1 Å². The van der Waals surface area contributed by atoms with Crippen LogP contribution in [0.25, 0.3) is 17.0 Å². The van der Waals surface area contributed by atoms with Crippen LogP contribution in [0.5, 0.6) is 0 Å². The number of nitrogens with two attached hydrogens (primary N) is 1. The van der Waals surface area contributed by atoms with Crippen LogP contribution in [0.15, 0.2) is 34.3 Å². The molecule has 21 heavy (non-hydrogen) atoms. The van der Waals surface area contributed by atoms with Gasteiger partial charge in [0, 0.05) is 11.6 Å². The van der Waals surface area contributed by atoms with Crippen LogP contribution < -0.4 is 5.73 Å². The highest BCUT2D eigenvalue weighted by molar-refractivity contribution is 8.18. The Balaban J connectivity index is 2.10. The summed E-state index contributed by atoms with van der Waals surface area (Å²) >= 11 is 1.16. The predicted octanol–water partition coefficient (Wildman–Crippen LogP) is 2.34. The number of carbonyl (C=O) groups is 1. The number of amidine groups is 1. The predicted molar refractivity (Wildman–Crippen MR) is 83.4 cm³/mol. The molecule has 1 amide bonds. The summed E-state index contributed by atoms with van der Waals surface area (Å²) in [7, 11) is 0. The number of nitrogens with zero attached hydrogens (tertiary/aromatic N) is 3. The van der Waals surface area contributed by atoms with Gasteiger partial charge in [0.2, 0.25) is 0 Å². The van der Waals surface area contributed by atoms with E-state index in [0.717, 1.165) is 33.8 Å². The summed E-state index contributed by atoms with van der Waals surface area (Å²) in [5.41, 5.74) is 8.62. The van der Waals surface area contributed by atoms with Crippen LogP contribution in [0.4, 0.5) is 0 Å².